The van der Waals surface area contributed by atoms with Crippen molar-refractivity contribution in [3.63, 3.8) is 0 Å². The van der Waals surface area contributed by atoms with E-state index in [-0.39, 0.29) is 11.1 Å². The molecule has 0 radical (unpaired) electrons. The summed E-state index contributed by atoms with van der Waals surface area (Å²) in [6.07, 6.45) is -0.956. The fraction of sp³-hybridized carbons (Fsp3) is 0.125. The molecule has 196 valence electrons. The molecule has 0 saturated carbocycles. The van der Waals surface area contributed by atoms with Crippen LogP contribution in [0.25, 0.3) is 0 Å². The van der Waals surface area contributed by atoms with Crippen molar-refractivity contribution < 1.29 is 28.7 Å². The Balaban J connectivity index is 1.28. The van der Waals surface area contributed by atoms with Crippen molar-refractivity contribution in [3.8, 4) is 11.5 Å². The molecule has 8 heteroatoms. The molecule has 1 spiro atoms. The molecule has 7 nitrogen and oxygen atoms in total. The van der Waals surface area contributed by atoms with Gasteiger partial charge >= 0.3 is 0 Å². The Morgan fingerprint density at radius 3 is 1.82 bits per heavy atom. The molecule has 7 rings (SSSR count). The molecule has 0 N–H and O–H groups in total. The highest BCUT2D eigenvalue weighted by Gasteiger charge is 2.74. The number of Topliss-reactive ketones (excluding diaryl/α,β-unsaturated/α-hetero) is 2. The van der Waals surface area contributed by atoms with Gasteiger partial charge in [-0.15, -0.1) is 0 Å². The van der Waals surface area contributed by atoms with Crippen molar-refractivity contribution >= 4 is 40.7 Å². The molecule has 1 aliphatic carbocycles. The SMILES string of the molecule is O=C1[C@H]2[C@@H](C(=O)N1c1ccc(Oc3ccc(Cl)cc3)cc1)C1(O[C@H]2c2ccccc2)C(=O)c2ccccc2C1=O. The number of hydrogen-bond donors (Lipinski definition) is 0. The zero-order chi connectivity index (χ0) is 27.6. The van der Waals surface area contributed by atoms with Crippen molar-refractivity contribution in [2.45, 2.75) is 11.7 Å². The number of ketones is 2. The molecule has 0 unspecified atom stereocenters. The minimum atomic E-state index is -2.10. The average Bonchev–Trinajstić information content (AvgIpc) is 3.55. The van der Waals surface area contributed by atoms with E-state index in [9.17, 15) is 19.2 Å². The number of halogens is 1. The number of fused-ring (bicyclic) bond motifs is 3. The van der Waals surface area contributed by atoms with Gasteiger partial charge in [0.15, 0.2) is 0 Å². The molecular formula is C32H20ClNO6. The monoisotopic (exact) mass is 549 g/mol. The fourth-order valence-corrected chi connectivity index (χ4v) is 6.14. The molecule has 4 aromatic rings. The van der Waals surface area contributed by atoms with Crippen molar-refractivity contribution in [3.05, 3.63) is 125 Å². The van der Waals surface area contributed by atoms with E-state index < -0.39 is 46.9 Å². The largest absolute Gasteiger partial charge is 0.457 e. The van der Waals surface area contributed by atoms with Gasteiger partial charge in [0.1, 0.15) is 11.5 Å². The molecule has 2 heterocycles. The van der Waals surface area contributed by atoms with Crippen LogP contribution < -0.4 is 9.64 Å². The van der Waals surface area contributed by atoms with E-state index in [0.717, 1.165) is 4.90 Å². The van der Waals surface area contributed by atoms with Crippen molar-refractivity contribution in [1.29, 1.82) is 0 Å². The van der Waals surface area contributed by atoms with Gasteiger partial charge in [-0.05, 0) is 54.1 Å². The summed E-state index contributed by atoms with van der Waals surface area (Å²) < 4.78 is 12.1. The molecule has 0 aromatic heterocycles. The number of imide groups is 1. The lowest BCUT2D eigenvalue weighted by Gasteiger charge is -2.27. The zero-order valence-corrected chi connectivity index (χ0v) is 21.6. The van der Waals surface area contributed by atoms with Crippen LogP contribution >= 0.6 is 11.6 Å². The third kappa shape index (κ3) is 3.41. The first kappa shape index (κ1) is 24.5. The van der Waals surface area contributed by atoms with Crippen LogP contribution in [0.3, 0.4) is 0 Å². The predicted molar refractivity (Wildman–Crippen MR) is 146 cm³/mol. The van der Waals surface area contributed by atoms with E-state index in [1.54, 1.807) is 97.1 Å². The fourth-order valence-electron chi connectivity index (χ4n) is 6.02. The highest BCUT2D eigenvalue weighted by atomic mass is 35.5. The smallest absolute Gasteiger partial charge is 0.241 e. The highest BCUT2D eigenvalue weighted by molar-refractivity contribution is 6.37. The Morgan fingerprint density at radius 1 is 0.675 bits per heavy atom. The maximum absolute atomic E-state index is 14.1. The summed E-state index contributed by atoms with van der Waals surface area (Å²) in [5.74, 6) is -3.64. The van der Waals surface area contributed by atoms with Crippen LogP contribution in [0.2, 0.25) is 5.02 Å². The Hall–Kier alpha value is -4.59. The summed E-state index contributed by atoms with van der Waals surface area (Å²) in [5, 5.41) is 0.581. The number of carbonyl (C=O) groups excluding carboxylic acids is 4. The molecule has 3 atom stereocenters. The molecule has 2 saturated heterocycles. The summed E-state index contributed by atoms with van der Waals surface area (Å²) in [5.41, 5.74) is -0.788. The van der Waals surface area contributed by atoms with Gasteiger partial charge in [0.05, 0.1) is 23.6 Å². The van der Waals surface area contributed by atoms with Crippen LogP contribution in [0.4, 0.5) is 5.69 Å². The van der Waals surface area contributed by atoms with Gasteiger partial charge < -0.3 is 9.47 Å². The number of benzene rings is 4. The third-order valence-corrected chi connectivity index (χ3v) is 8.04. The van der Waals surface area contributed by atoms with Crippen LogP contribution in [0.5, 0.6) is 11.5 Å². The molecular weight excluding hydrogens is 530 g/mol. The second-order valence-electron chi connectivity index (χ2n) is 9.95. The topological polar surface area (TPSA) is 90.0 Å². The van der Waals surface area contributed by atoms with Crippen LogP contribution in [0.1, 0.15) is 32.4 Å². The predicted octanol–water partition coefficient (Wildman–Crippen LogP) is 5.83. The number of carbonyl (C=O) groups is 4. The second-order valence-corrected chi connectivity index (χ2v) is 10.4. The number of rotatable bonds is 4. The summed E-state index contributed by atoms with van der Waals surface area (Å²) >= 11 is 5.94. The van der Waals surface area contributed by atoms with Gasteiger partial charge in [-0.25, -0.2) is 4.90 Å². The van der Waals surface area contributed by atoms with Gasteiger partial charge in [-0.1, -0.05) is 66.2 Å². The molecule has 2 amide bonds. The van der Waals surface area contributed by atoms with Crippen LogP contribution in [-0.2, 0) is 14.3 Å². The minimum Gasteiger partial charge on any atom is -0.457 e. The first-order valence-corrected chi connectivity index (χ1v) is 13.1. The Bertz CT molecular complexity index is 1660. The lowest BCUT2D eigenvalue weighted by molar-refractivity contribution is -0.127. The molecule has 2 aliphatic heterocycles. The first-order chi connectivity index (χ1) is 19.4. The molecule has 2 fully saturated rings. The maximum atomic E-state index is 14.1. The highest BCUT2D eigenvalue weighted by Crippen LogP contribution is 2.57. The number of nitrogens with zero attached hydrogens (tertiary/aromatic N) is 1. The number of amides is 2. The first-order valence-electron chi connectivity index (χ1n) is 12.7. The van der Waals surface area contributed by atoms with Crippen molar-refractivity contribution in [2.75, 3.05) is 4.90 Å². The lowest BCUT2D eigenvalue weighted by Crippen LogP contribution is -2.51. The third-order valence-electron chi connectivity index (χ3n) is 7.79. The number of hydrogen-bond acceptors (Lipinski definition) is 6. The van der Waals surface area contributed by atoms with E-state index in [1.807, 2.05) is 6.07 Å². The molecule has 3 aliphatic rings. The summed E-state index contributed by atoms with van der Waals surface area (Å²) in [7, 11) is 0. The molecule has 4 aromatic carbocycles. The Kier molecular flexibility index (Phi) is 5.49. The Morgan fingerprint density at radius 2 is 1.23 bits per heavy atom. The van der Waals surface area contributed by atoms with Crippen molar-refractivity contribution in [1.82, 2.24) is 0 Å². The average molecular weight is 550 g/mol. The minimum absolute atomic E-state index is 0.197. The molecule has 0 bridgehead atoms. The second kappa shape index (κ2) is 8.98. The van der Waals surface area contributed by atoms with E-state index in [1.165, 1.54) is 0 Å². The van der Waals surface area contributed by atoms with Crippen LogP contribution in [0.15, 0.2) is 103 Å². The molecule has 40 heavy (non-hydrogen) atoms. The summed E-state index contributed by atoms with van der Waals surface area (Å²) in [4.78, 5) is 56.8. The van der Waals surface area contributed by atoms with Crippen LogP contribution in [0, 0.1) is 11.8 Å². The van der Waals surface area contributed by atoms with Gasteiger partial charge in [0.25, 0.3) is 0 Å². The van der Waals surface area contributed by atoms with Gasteiger partial charge in [0, 0.05) is 16.1 Å². The van der Waals surface area contributed by atoms with Gasteiger partial charge in [-0.3, -0.25) is 19.2 Å². The summed E-state index contributed by atoms with van der Waals surface area (Å²) in [6.45, 7) is 0. The maximum Gasteiger partial charge on any atom is 0.241 e. The summed E-state index contributed by atoms with van der Waals surface area (Å²) in [6, 6.07) is 28.7. The zero-order valence-electron chi connectivity index (χ0n) is 20.8. The van der Waals surface area contributed by atoms with E-state index in [4.69, 9.17) is 21.1 Å². The van der Waals surface area contributed by atoms with Crippen LogP contribution in [-0.4, -0.2) is 29.0 Å². The Labute approximate surface area is 233 Å². The van der Waals surface area contributed by atoms with E-state index >= 15 is 0 Å². The standard InChI is InChI=1S/C32H20ClNO6/c33-19-10-14-21(15-11-19)39-22-16-12-20(13-17-22)34-30(37)25-26(31(34)38)32(40-27(25)18-6-2-1-3-7-18)28(35)23-8-4-5-9-24(23)29(32)36/h1-17,25-27H/t25-,26-,27-/m0/s1. The van der Waals surface area contributed by atoms with Gasteiger partial charge in [-0.2, -0.15) is 0 Å². The van der Waals surface area contributed by atoms with E-state index in [2.05, 4.69) is 0 Å². The number of anilines is 1. The number of ether oxygens (including phenoxy) is 2. The van der Waals surface area contributed by atoms with E-state index in [0.29, 0.717) is 27.8 Å². The quantitative estimate of drug-likeness (QED) is 0.235. The normalized spacial score (nSPS) is 22.6. The van der Waals surface area contributed by atoms with Crippen molar-refractivity contribution in [2.24, 2.45) is 11.8 Å². The lowest BCUT2D eigenvalue weighted by atomic mass is 9.77. The van der Waals surface area contributed by atoms with Gasteiger partial charge in [0.2, 0.25) is 29.0 Å².